The molecule has 2 aromatic rings. The van der Waals surface area contributed by atoms with E-state index in [-0.39, 0.29) is 11.5 Å². The number of ether oxygens (including phenoxy) is 1. The van der Waals surface area contributed by atoms with Crippen molar-refractivity contribution in [1.29, 1.82) is 5.26 Å². The highest BCUT2D eigenvalue weighted by molar-refractivity contribution is 5.80. The monoisotopic (exact) mass is 227 g/mol. The van der Waals surface area contributed by atoms with Crippen molar-refractivity contribution < 1.29 is 9.15 Å². The Labute approximate surface area is 97.0 Å². The second-order valence-electron chi connectivity index (χ2n) is 4.05. The minimum Gasteiger partial charge on any atom is -0.492 e. The number of rotatable bonds is 1. The van der Waals surface area contributed by atoms with Gasteiger partial charge in [-0.3, -0.25) is 0 Å². The molecule has 2 heterocycles. The van der Waals surface area contributed by atoms with Gasteiger partial charge in [0.15, 0.2) is 0 Å². The highest BCUT2D eigenvalue weighted by Crippen LogP contribution is 2.38. The van der Waals surface area contributed by atoms with E-state index >= 15 is 0 Å². The minimum atomic E-state index is -0.371. The maximum Gasteiger partial charge on any atom is 0.336 e. The fourth-order valence-electron chi connectivity index (χ4n) is 2.12. The molecule has 0 saturated carbocycles. The van der Waals surface area contributed by atoms with Gasteiger partial charge < -0.3 is 9.15 Å². The second kappa shape index (κ2) is 3.63. The lowest BCUT2D eigenvalue weighted by Gasteiger charge is -2.03. The number of fused-ring (bicyclic) bond motifs is 2. The Morgan fingerprint density at radius 3 is 3.12 bits per heavy atom. The average molecular weight is 227 g/mol. The van der Waals surface area contributed by atoms with Gasteiger partial charge in [0.05, 0.1) is 12.7 Å². The smallest absolute Gasteiger partial charge is 0.336 e. The Hall–Kier alpha value is -2.28. The predicted octanol–water partition coefficient (Wildman–Crippen LogP) is 2.18. The van der Waals surface area contributed by atoms with Crippen LogP contribution in [-0.4, -0.2) is 6.61 Å². The fourth-order valence-corrected chi connectivity index (χ4v) is 2.12. The van der Waals surface area contributed by atoms with Crippen LogP contribution in [0.4, 0.5) is 0 Å². The van der Waals surface area contributed by atoms with E-state index in [0.717, 1.165) is 10.9 Å². The van der Waals surface area contributed by atoms with Crippen LogP contribution in [0.15, 0.2) is 33.5 Å². The normalized spacial score (nSPS) is 17.5. The number of nitrogens with zero attached hydrogens (tertiary/aromatic N) is 1. The number of nitriles is 1. The Morgan fingerprint density at radius 2 is 2.29 bits per heavy atom. The van der Waals surface area contributed by atoms with Crippen LogP contribution >= 0.6 is 0 Å². The van der Waals surface area contributed by atoms with Gasteiger partial charge in [-0.2, -0.15) is 5.26 Å². The zero-order chi connectivity index (χ0) is 11.8. The predicted molar refractivity (Wildman–Crippen MR) is 61.0 cm³/mol. The van der Waals surface area contributed by atoms with Gasteiger partial charge in [0, 0.05) is 35.4 Å². The van der Waals surface area contributed by atoms with Gasteiger partial charge in [0.2, 0.25) is 0 Å². The standard InChI is InChI=1S/C13H9NO3/c14-4-3-9-7-16-12-6-11-8(5-10(9)12)1-2-13(15)17-11/h1-2,5-6,9H,3,7H2. The third-order valence-corrected chi connectivity index (χ3v) is 2.97. The number of hydrogen-bond donors (Lipinski definition) is 0. The summed E-state index contributed by atoms with van der Waals surface area (Å²) in [7, 11) is 0. The molecule has 17 heavy (non-hydrogen) atoms. The van der Waals surface area contributed by atoms with Crippen LogP contribution in [0, 0.1) is 11.3 Å². The summed E-state index contributed by atoms with van der Waals surface area (Å²) in [5, 5.41) is 9.59. The quantitative estimate of drug-likeness (QED) is 0.700. The summed E-state index contributed by atoms with van der Waals surface area (Å²) in [4.78, 5) is 11.1. The molecule has 0 radical (unpaired) electrons. The molecule has 1 atom stereocenters. The molecule has 1 aromatic carbocycles. The SMILES string of the molecule is N#CCC1COc2cc3oc(=O)ccc3cc21. The summed E-state index contributed by atoms with van der Waals surface area (Å²) in [6, 6.07) is 8.93. The molecule has 4 nitrogen and oxygen atoms in total. The summed E-state index contributed by atoms with van der Waals surface area (Å²) in [6.07, 6.45) is 0.440. The molecular weight excluding hydrogens is 218 g/mol. The van der Waals surface area contributed by atoms with Gasteiger partial charge >= 0.3 is 5.63 Å². The van der Waals surface area contributed by atoms with E-state index in [2.05, 4.69) is 6.07 Å². The molecule has 3 rings (SSSR count). The van der Waals surface area contributed by atoms with Gasteiger partial charge in [-0.1, -0.05) is 0 Å². The molecule has 1 aromatic heterocycles. The van der Waals surface area contributed by atoms with E-state index in [1.54, 1.807) is 12.1 Å². The van der Waals surface area contributed by atoms with Crippen molar-refractivity contribution in [3.05, 3.63) is 40.2 Å². The Bertz CT molecular complexity index is 681. The van der Waals surface area contributed by atoms with Crippen molar-refractivity contribution in [1.82, 2.24) is 0 Å². The number of benzene rings is 1. The van der Waals surface area contributed by atoms with Crippen LogP contribution < -0.4 is 10.4 Å². The highest BCUT2D eigenvalue weighted by atomic mass is 16.5. The molecule has 4 heteroatoms. The van der Waals surface area contributed by atoms with Crippen LogP contribution in [0.1, 0.15) is 17.9 Å². The molecule has 0 fully saturated rings. The first kappa shape index (κ1) is 9.91. The lowest BCUT2D eigenvalue weighted by Crippen LogP contribution is -1.98. The topological polar surface area (TPSA) is 63.2 Å². The Morgan fingerprint density at radius 1 is 1.41 bits per heavy atom. The highest BCUT2D eigenvalue weighted by Gasteiger charge is 2.24. The summed E-state index contributed by atoms with van der Waals surface area (Å²) in [5.41, 5.74) is 1.17. The van der Waals surface area contributed by atoms with Crippen molar-refractivity contribution in [2.45, 2.75) is 12.3 Å². The fraction of sp³-hybridized carbons (Fsp3) is 0.231. The molecule has 1 aliphatic rings. The Kier molecular flexibility index (Phi) is 2.12. The van der Waals surface area contributed by atoms with Crippen molar-refractivity contribution in [2.75, 3.05) is 6.61 Å². The van der Waals surface area contributed by atoms with Gasteiger partial charge in [0.25, 0.3) is 0 Å². The first-order valence-corrected chi connectivity index (χ1v) is 5.35. The van der Waals surface area contributed by atoms with E-state index in [1.165, 1.54) is 6.07 Å². The second-order valence-corrected chi connectivity index (χ2v) is 4.05. The Balaban J connectivity index is 2.19. The maximum atomic E-state index is 11.1. The molecule has 0 saturated heterocycles. The zero-order valence-electron chi connectivity index (χ0n) is 8.97. The van der Waals surface area contributed by atoms with Gasteiger partial charge in [0.1, 0.15) is 11.3 Å². The van der Waals surface area contributed by atoms with Crippen molar-refractivity contribution in [2.24, 2.45) is 0 Å². The zero-order valence-corrected chi connectivity index (χ0v) is 8.97. The molecular formula is C13H9NO3. The summed E-state index contributed by atoms with van der Waals surface area (Å²) >= 11 is 0. The average Bonchev–Trinajstić information content (AvgIpc) is 2.70. The largest absolute Gasteiger partial charge is 0.492 e. The van der Waals surface area contributed by atoms with Gasteiger partial charge in [-0.05, 0) is 12.1 Å². The molecule has 84 valence electrons. The van der Waals surface area contributed by atoms with E-state index in [9.17, 15) is 4.79 Å². The van der Waals surface area contributed by atoms with E-state index in [0.29, 0.717) is 24.4 Å². The van der Waals surface area contributed by atoms with E-state index < -0.39 is 0 Å². The lowest BCUT2D eigenvalue weighted by molar-refractivity contribution is 0.332. The third-order valence-electron chi connectivity index (χ3n) is 2.97. The summed E-state index contributed by atoms with van der Waals surface area (Å²) < 4.78 is 10.6. The molecule has 0 bridgehead atoms. The van der Waals surface area contributed by atoms with E-state index in [4.69, 9.17) is 14.4 Å². The van der Waals surface area contributed by atoms with Crippen molar-refractivity contribution in [3.63, 3.8) is 0 Å². The summed E-state index contributed by atoms with van der Waals surface area (Å²) in [5.74, 6) is 0.832. The first-order valence-electron chi connectivity index (χ1n) is 5.35. The van der Waals surface area contributed by atoms with Crippen LogP contribution in [0.3, 0.4) is 0 Å². The number of hydrogen-bond acceptors (Lipinski definition) is 4. The van der Waals surface area contributed by atoms with Crippen LogP contribution in [0.5, 0.6) is 5.75 Å². The molecule has 0 N–H and O–H groups in total. The van der Waals surface area contributed by atoms with Crippen molar-refractivity contribution >= 4 is 11.0 Å². The molecule has 0 amide bonds. The maximum absolute atomic E-state index is 11.1. The molecule has 1 aliphatic heterocycles. The van der Waals surface area contributed by atoms with Crippen LogP contribution in [0.2, 0.25) is 0 Å². The van der Waals surface area contributed by atoms with Crippen LogP contribution in [-0.2, 0) is 0 Å². The van der Waals surface area contributed by atoms with Gasteiger partial charge in [-0.15, -0.1) is 0 Å². The molecule has 1 unspecified atom stereocenters. The van der Waals surface area contributed by atoms with Crippen LogP contribution in [0.25, 0.3) is 11.0 Å². The first-order chi connectivity index (χ1) is 8.28. The molecule has 0 aliphatic carbocycles. The van der Waals surface area contributed by atoms with E-state index in [1.807, 2.05) is 6.07 Å². The lowest BCUT2D eigenvalue weighted by atomic mass is 9.97. The van der Waals surface area contributed by atoms with Gasteiger partial charge in [-0.25, -0.2) is 4.79 Å². The molecule has 0 spiro atoms. The minimum absolute atomic E-state index is 0.117. The van der Waals surface area contributed by atoms with Crippen molar-refractivity contribution in [3.8, 4) is 11.8 Å². The third kappa shape index (κ3) is 1.56. The summed E-state index contributed by atoms with van der Waals surface area (Å²) in [6.45, 7) is 0.517.